The van der Waals surface area contributed by atoms with Crippen molar-refractivity contribution < 1.29 is 14.6 Å². The number of ether oxygens (including phenoxy) is 1. The van der Waals surface area contributed by atoms with Gasteiger partial charge in [-0.25, -0.2) is 0 Å². The molecule has 0 aliphatic heterocycles. The molecule has 5 nitrogen and oxygen atoms in total. The molecule has 1 amide bonds. The second-order valence-electron chi connectivity index (χ2n) is 4.49. The van der Waals surface area contributed by atoms with Crippen LogP contribution in [-0.4, -0.2) is 50.0 Å². The monoisotopic (exact) mass is 246 g/mol. The highest BCUT2D eigenvalue weighted by atomic mass is 16.5. The van der Waals surface area contributed by atoms with E-state index in [-0.39, 0.29) is 18.6 Å². The summed E-state index contributed by atoms with van der Waals surface area (Å²) in [6, 6.07) is -0.208. The average Bonchev–Trinajstić information content (AvgIpc) is 2.27. The smallest absolute Gasteiger partial charge is 0.236 e. The van der Waals surface area contributed by atoms with Crippen molar-refractivity contribution in [1.29, 1.82) is 0 Å². The van der Waals surface area contributed by atoms with Gasteiger partial charge >= 0.3 is 0 Å². The van der Waals surface area contributed by atoms with Crippen LogP contribution in [0.1, 0.15) is 27.2 Å². The minimum absolute atomic E-state index is 0.0211. The fourth-order valence-electron chi connectivity index (χ4n) is 1.24. The molecule has 3 N–H and O–H groups in total. The van der Waals surface area contributed by atoms with Gasteiger partial charge in [0.05, 0.1) is 25.9 Å². The number of nitrogens with one attached hydrogen (secondary N) is 2. The van der Waals surface area contributed by atoms with Gasteiger partial charge in [0.25, 0.3) is 0 Å². The Morgan fingerprint density at radius 3 is 2.53 bits per heavy atom. The summed E-state index contributed by atoms with van der Waals surface area (Å²) in [6.45, 7) is 8.31. The van der Waals surface area contributed by atoms with Gasteiger partial charge in [-0.2, -0.15) is 0 Å². The second kappa shape index (κ2) is 10.5. The molecule has 5 heteroatoms. The van der Waals surface area contributed by atoms with Gasteiger partial charge in [0.2, 0.25) is 5.91 Å². The van der Waals surface area contributed by atoms with E-state index in [9.17, 15) is 4.79 Å². The molecule has 0 saturated heterocycles. The van der Waals surface area contributed by atoms with Gasteiger partial charge in [0.1, 0.15) is 0 Å². The first kappa shape index (κ1) is 16.4. The summed E-state index contributed by atoms with van der Waals surface area (Å²) in [5.41, 5.74) is 0. The Hall–Kier alpha value is -0.650. The topological polar surface area (TPSA) is 70.6 Å². The number of aliphatic hydroxyl groups excluding tert-OH is 1. The minimum Gasteiger partial charge on any atom is -0.394 e. The predicted molar refractivity (Wildman–Crippen MR) is 67.8 cm³/mol. The molecule has 1 unspecified atom stereocenters. The Labute approximate surface area is 104 Å². The SMILES string of the molecule is CC(C)CCNC(=O)C(C)NCCOCCO. The maximum atomic E-state index is 11.6. The van der Waals surface area contributed by atoms with E-state index in [4.69, 9.17) is 9.84 Å². The van der Waals surface area contributed by atoms with E-state index in [1.807, 2.05) is 6.92 Å². The van der Waals surface area contributed by atoms with Crippen molar-refractivity contribution in [2.75, 3.05) is 32.9 Å². The number of hydrogen-bond donors (Lipinski definition) is 3. The number of carbonyl (C=O) groups excluding carboxylic acids is 1. The lowest BCUT2D eigenvalue weighted by molar-refractivity contribution is -0.122. The van der Waals surface area contributed by atoms with Crippen LogP contribution < -0.4 is 10.6 Å². The second-order valence-corrected chi connectivity index (χ2v) is 4.49. The van der Waals surface area contributed by atoms with Crippen LogP contribution in [0, 0.1) is 5.92 Å². The third-order valence-electron chi connectivity index (χ3n) is 2.35. The van der Waals surface area contributed by atoms with Crippen LogP contribution >= 0.6 is 0 Å². The summed E-state index contributed by atoms with van der Waals surface area (Å²) in [5, 5.41) is 14.4. The first-order chi connectivity index (χ1) is 8.07. The maximum Gasteiger partial charge on any atom is 0.236 e. The molecule has 17 heavy (non-hydrogen) atoms. The molecule has 0 aromatic carbocycles. The van der Waals surface area contributed by atoms with E-state index in [1.165, 1.54) is 0 Å². The van der Waals surface area contributed by atoms with Crippen molar-refractivity contribution in [3.05, 3.63) is 0 Å². The fourth-order valence-corrected chi connectivity index (χ4v) is 1.24. The lowest BCUT2D eigenvalue weighted by Crippen LogP contribution is -2.43. The first-order valence-corrected chi connectivity index (χ1v) is 6.27. The quantitative estimate of drug-likeness (QED) is 0.479. The summed E-state index contributed by atoms with van der Waals surface area (Å²) in [7, 11) is 0. The molecule has 0 radical (unpaired) electrons. The third kappa shape index (κ3) is 10.2. The van der Waals surface area contributed by atoms with Crippen LogP contribution in [0.15, 0.2) is 0 Å². The molecular weight excluding hydrogens is 220 g/mol. The largest absolute Gasteiger partial charge is 0.394 e. The molecule has 0 saturated carbocycles. The Balaban J connectivity index is 3.47. The highest BCUT2D eigenvalue weighted by molar-refractivity contribution is 5.81. The number of carbonyl (C=O) groups is 1. The van der Waals surface area contributed by atoms with Crippen molar-refractivity contribution in [2.45, 2.75) is 33.2 Å². The molecule has 0 rings (SSSR count). The van der Waals surface area contributed by atoms with E-state index in [2.05, 4.69) is 24.5 Å². The van der Waals surface area contributed by atoms with Gasteiger partial charge in [-0.1, -0.05) is 13.8 Å². The van der Waals surface area contributed by atoms with Crippen LogP contribution in [0.5, 0.6) is 0 Å². The minimum atomic E-state index is -0.208. The van der Waals surface area contributed by atoms with Crippen molar-refractivity contribution in [3.63, 3.8) is 0 Å². The van der Waals surface area contributed by atoms with Gasteiger partial charge in [0, 0.05) is 13.1 Å². The van der Waals surface area contributed by atoms with Crippen LogP contribution in [-0.2, 0) is 9.53 Å². The number of amides is 1. The summed E-state index contributed by atoms with van der Waals surface area (Å²) in [6.07, 6.45) is 0.998. The predicted octanol–water partition coefficient (Wildman–Crippen LogP) is 0.136. The van der Waals surface area contributed by atoms with E-state index < -0.39 is 0 Å². The molecule has 0 bridgehead atoms. The first-order valence-electron chi connectivity index (χ1n) is 6.27. The fraction of sp³-hybridized carbons (Fsp3) is 0.917. The standard InChI is InChI=1S/C12H26N2O3/c1-10(2)4-5-14-12(16)11(3)13-6-8-17-9-7-15/h10-11,13,15H,4-9H2,1-3H3,(H,14,16). The molecule has 0 aliphatic rings. The third-order valence-corrected chi connectivity index (χ3v) is 2.35. The average molecular weight is 246 g/mol. The molecule has 0 aromatic rings. The normalized spacial score (nSPS) is 12.8. The summed E-state index contributed by atoms with van der Waals surface area (Å²) < 4.78 is 5.08. The Kier molecular flexibility index (Phi) is 10.1. The highest BCUT2D eigenvalue weighted by Gasteiger charge is 2.10. The van der Waals surface area contributed by atoms with Crippen molar-refractivity contribution >= 4 is 5.91 Å². The van der Waals surface area contributed by atoms with Crippen LogP contribution in [0.25, 0.3) is 0 Å². The van der Waals surface area contributed by atoms with E-state index in [0.717, 1.165) is 13.0 Å². The Bertz CT molecular complexity index is 198. The van der Waals surface area contributed by atoms with Crippen LogP contribution in [0.3, 0.4) is 0 Å². The molecule has 102 valence electrons. The molecule has 0 aliphatic carbocycles. The molecule has 0 heterocycles. The summed E-state index contributed by atoms with van der Waals surface area (Å²) >= 11 is 0. The Morgan fingerprint density at radius 2 is 1.94 bits per heavy atom. The van der Waals surface area contributed by atoms with Crippen molar-refractivity contribution in [1.82, 2.24) is 10.6 Å². The molecule has 0 aromatic heterocycles. The van der Waals surface area contributed by atoms with E-state index in [1.54, 1.807) is 0 Å². The number of rotatable bonds is 10. The van der Waals surface area contributed by atoms with E-state index >= 15 is 0 Å². The van der Waals surface area contributed by atoms with Crippen LogP contribution in [0.2, 0.25) is 0 Å². The van der Waals surface area contributed by atoms with Gasteiger partial charge in [-0.3, -0.25) is 4.79 Å². The van der Waals surface area contributed by atoms with Crippen LogP contribution in [0.4, 0.5) is 0 Å². The number of hydrogen-bond acceptors (Lipinski definition) is 4. The summed E-state index contributed by atoms with van der Waals surface area (Å²) in [5.74, 6) is 0.623. The molecule has 0 spiro atoms. The van der Waals surface area contributed by atoms with Crippen molar-refractivity contribution in [2.24, 2.45) is 5.92 Å². The number of aliphatic hydroxyl groups is 1. The van der Waals surface area contributed by atoms with Crippen molar-refractivity contribution in [3.8, 4) is 0 Å². The lowest BCUT2D eigenvalue weighted by Gasteiger charge is -2.14. The van der Waals surface area contributed by atoms with Gasteiger partial charge < -0.3 is 20.5 Å². The maximum absolute atomic E-state index is 11.6. The molecule has 0 fully saturated rings. The highest BCUT2D eigenvalue weighted by Crippen LogP contribution is 1.96. The molecule has 1 atom stereocenters. The van der Waals surface area contributed by atoms with Gasteiger partial charge in [-0.05, 0) is 19.3 Å². The van der Waals surface area contributed by atoms with Gasteiger partial charge in [-0.15, -0.1) is 0 Å². The zero-order valence-electron chi connectivity index (χ0n) is 11.2. The van der Waals surface area contributed by atoms with Gasteiger partial charge in [0.15, 0.2) is 0 Å². The summed E-state index contributed by atoms with van der Waals surface area (Å²) in [4.78, 5) is 11.6. The Morgan fingerprint density at radius 1 is 1.24 bits per heavy atom. The van der Waals surface area contributed by atoms with E-state index in [0.29, 0.717) is 25.7 Å². The zero-order chi connectivity index (χ0) is 13.1. The lowest BCUT2D eigenvalue weighted by atomic mass is 10.1. The molecular formula is C12H26N2O3. The zero-order valence-corrected chi connectivity index (χ0v) is 11.2.